The summed E-state index contributed by atoms with van der Waals surface area (Å²) in [6.45, 7) is 4.41. The Bertz CT molecular complexity index is 1130. The first kappa shape index (κ1) is 26.2. The third kappa shape index (κ3) is 6.86. The molecule has 2 aromatic rings. The Hall–Kier alpha value is -1.90. The van der Waals surface area contributed by atoms with Crippen LogP contribution >= 0.6 is 23.2 Å². The highest BCUT2D eigenvalue weighted by Crippen LogP contribution is 2.29. The minimum atomic E-state index is -3.64. The molecule has 0 N–H and O–H groups in total. The summed E-state index contributed by atoms with van der Waals surface area (Å²) in [6, 6.07) is 15.2. The van der Waals surface area contributed by atoms with Gasteiger partial charge in [0.05, 0.1) is 11.7 Å². The lowest BCUT2D eigenvalue weighted by atomic mass is 9.98. The van der Waals surface area contributed by atoms with E-state index in [0.29, 0.717) is 48.1 Å². The van der Waals surface area contributed by atoms with Gasteiger partial charge in [-0.1, -0.05) is 71.8 Å². The van der Waals surface area contributed by atoms with E-state index in [0.717, 1.165) is 19.6 Å². The average molecular weight is 537 g/mol. The van der Waals surface area contributed by atoms with E-state index in [2.05, 4.69) is 29.2 Å². The van der Waals surface area contributed by atoms with Crippen molar-refractivity contribution in [3.63, 3.8) is 0 Å². The van der Waals surface area contributed by atoms with Gasteiger partial charge in [-0.3, -0.25) is 9.69 Å². The number of hydrogen-bond donors (Lipinski definition) is 0. The second kappa shape index (κ2) is 11.9. The maximum Gasteiger partial charge on any atom is 0.227 e. The summed E-state index contributed by atoms with van der Waals surface area (Å²) in [6.07, 6.45) is 5.64. The normalized spacial score (nSPS) is 20.4. The van der Waals surface area contributed by atoms with Crippen molar-refractivity contribution in [2.75, 3.05) is 45.8 Å². The molecular weight excluding hydrogens is 505 g/mol. The van der Waals surface area contributed by atoms with Crippen LogP contribution in [-0.2, 0) is 20.6 Å². The van der Waals surface area contributed by atoms with Crippen LogP contribution in [0.2, 0.25) is 10.0 Å². The molecule has 35 heavy (non-hydrogen) atoms. The van der Waals surface area contributed by atoms with Gasteiger partial charge in [0.25, 0.3) is 0 Å². The van der Waals surface area contributed by atoms with Crippen molar-refractivity contribution in [3.05, 3.63) is 75.8 Å². The van der Waals surface area contributed by atoms with E-state index in [-0.39, 0.29) is 24.1 Å². The van der Waals surface area contributed by atoms with Gasteiger partial charge >= 0.3 is 0 Å². The van der Waals surface area contributed by atoms with Crippen molar-refractivity contribution < 1.29 is 13.2 Å². The number of amides is 1. The van der Waals surface area contributed by atoms with Crippen LogP contribution < -0.4 is 0 Å². The number of benzene rings is 2. The molecule has 2 saturated heterocycles. The second-order valence-electron chi connectivity index (χ2n) is 9.09. The third-order valence-corrected chi connectivity index (χ3v) is 9.15. The summed E-state index contributed by atoms with van der Waals surface area (Å²) in [5.41, 5.74) is 1.58. The highest BCUT2D eigenvalue weighted by molar-refractivity contribution is 7.88. The Morgan fingerprint density at radius 2 is 1.63 bits per heavy atom. The standard InChI is InChI=1S/C26H31Cl2N3O3S/c27-24-11-4-12-25(28)23(24)20-35(33,34)31-14-6-10-22(19-31)26(32)30-17-15-29(16-18-30)13-5-9-21-7-2-1-3-8-21/h1-5,7-9,11-12,22H,6,10,13-20H2/b9-5+/t22-/m1/s1. The molecule has 0 spiro atoms. The highest BCUT2D eigenvalue weighted by atomic mass is 35.5. The molecule has 0 unspecified atom stereocenters. The fourth-order valence-electron chi connectivity index (χ4n) is 4.65. The van der Waals surface area contributed by atoms with E-state index in [4.69, 9.17) is 23.2 Å². The topological polar surface area (TPSA) is 60.9 Å². The van der Waals surface area contributed by atoms with Crippen LogP contribution in [0.1, 0.15) is 24.0 Å². The third-order valence-electron chi connectivity index (χ3n) is 6.67. The van der Waals surface area contributed by atoms with Crippen molar-refractivity contribution in [2.45, 2.75) is 18.6 Å². The van der Waals surface area contributed by atoms with Gasteiger partial charge in [0.2, 0.25) is 15.9 Å². The number of halogens is 2. The second-order valence-corrected chi connectivity index (χ2v) is 11.9. The molecule has 6 nitrogen and oxygen atoms in total. The Kier molecular flexibility index (Phi) is 8.89. The zero-order chi connectivity index (χ0) is 24.8. The molecule has 2 fully saturated rings. The smallest absolute Gasteiger partial charge is 0.227 e. The zero-order valence-corrected chi connectivity index (χ0v) is 22.0. The van der Waals surface area contributed by atoms with Crippen LogP contribution in [0, 0.1) is 5.92 Å². The summed E-state index contributed by atoms with van der Waals surface area (Å²) in [7, 11) is -3.64. The molecule has 2 heterocycles. The van der Waals surface area contributed by atoms with Gasteiger partial charge in [0, 0.05) is 61.4 Å². The minimum absolute atomic E-state index is 0.0557. The van der Waals surface area contributed by atoms with Gasteiger partial charge < -0.3 is 4.90 Å². The number of rotatable bonds is 7. The van der Waals surface area contributed by atoms with E-state index in [1.54, 1.807) is 18.2 Å². The Morgan fingerprint density at radius 1 is 0.943 bits per heavy atom. The number of sulfonamides is 1. The molecule has 0 saturated carbocycles. The summed E-state index contributed by atoms with van der Waals surface area (Å²) in [4.78, 5) is 17.4. The zero-order valence-electron chi connectivity index (χ0n) is 19.7. The van der Waals surface area contributed by atoms with Crippen LogP contribution in [0.25, 0.3) is 6.08 Å². The van der Waals surface area contributed by atoms with Crippen LogP contribution in [0.3, 0.4) is 0 Å². The molecule has 2 aliphatic heterocycles. The molecule has 0 aromatic heterocycles. The molecule has 0 bridgehead atoms. The molecular formula is C26H31Cl2N3O3S. The van der Waals surface area contributed by atoms with Crippen molar-refractivity contribution >= 4 is 45.2 Å². The first-order valence-corrected chi connectivity index (χ1v) is 14.3. The van der Waals surface area contributed by atoms with Gasteiger partial charge in [0.15, 0.2) is 0 Å². The minimum Gasteiger partial charge on any atom is -0.340 e. The van der Waals surface area contributed by atoms with E-state index in [9.17, 15) is 13.2 Å². The average Bonchev–Trinajstić information content (AvgIpc) is 2.87. The fraction of sp³-hybridized carbons (Fsp3) is 0.423. The number of piperazine rings is 1. The molecule has 2 aliphatic rings. The van der Waals surface area contributed by atoms with Crippen molar-refractivity contribution in [1.82, 2.24) is 14.1 Å². The van der Waals surface area contributed by atoms with Crippen LogP contribution in [0.5, 0.6) is 0 Å². The molecule has 4 rings (SSSR count). The monoisotopic (exact) mass is 535 g/mol. The summed E-state index contributed by atoms with van der Waals surface area (Å²) >= 11 is 12.4. The predicted molar refractivity (Wildman–Crippen MR) is 142 cm³/mol. The number of hydrogen-bond acceptors (Lipinski definition) is 4. The fourth-order valence-corrected chi connectivity index (χ4v) is 7.01. The summed E-state index contributed by atoms with van der Waals surface area (Å²) in [5, 5.41) is 0.671. The molecule has 0 aliphatic carbocycles. The molecule has 1 amide bonds. The Morgan fingerprint density at radius 3 is 2.31 bits per heavy atom. The first-order chi connectivity index (χ1) is 16.8. The lowest BCUT2D eigenvalue weighted by molar-refractivity contribution is -0.138. The Balaban J connectivity index is 1.29. The SMILES string of the molecule is O=C([C@@H]1CCCN(S(=O)(=O)Cc2c(Cl)cccc2Cl)C1)N1CCN(C/C=C/c2ccccc2)CC1. The molecule has 188 valence electrons. The van der Waals surface area contributed by atoms with Gasteiger partial charge in [-0.15, -0.1) is 0 Å². The van der Waals surface area contributed by atoms with Gasteiger partial charge in [-0.05, 0) is 30.5 Å². The molecule has 2 aromatic carbocycles. The van der Waals surface area contributed by atoms with Gasteiger partial charge in [0.1, 0.15) is 0 Å². The van der Waals surface area contributed by atoms with Gasteiger partial charge in [-0.2, -0.15) is 0 Å². The number of carbonyl (C=O) groups excluding carboxylic acids is 1. The number of carbonyl (C=O) groups is 1. The lowest BCUT2D eigenvalue weighted by Gasteiger charge is -2.38. The number of nitrogens with zero attached hydrogens (tertiary/aromatic N) is 3. The largest absolute Gasteiger partial charge is 0.340 e. The molecule has 0 radical (unpaired) electrons. The van der Waals surface area contributed by atoms with Crippen LogP contribution in [0.15, 0.2) is 54.6 Å². The Labute approximate surface area is 218 Å². The summed E-state index contributed by atoms with van der Waals surface area (Å²) < 4.78 is 27.7. The van der Waals surface area contributed by atoms with E-state index >= 15 is 0 Å². The van der Waals surface area contributed by atoms with Crippen molar-refractivity contribution in [3.8, 4) is 0 Å². The number of piperidine rings is 1. The predicted octanol–water partition coefficient (Wildman–Crippen LogP) is 4.39. The molecule has 9 heteroatoms. The van der Waals surface area contributed by atoms with Crippen molar-refractivity contribution in [2.24, 2.45) is 5.92 Å². The van der Waals surface area contributed by atoms with Crippen LogP contribution in [0.4, 0.5) is 0 Å². The van der Waals surface area contributed by atoms with E-state index in [1.165, 1.54) is 9.87 Å². The van der Waals surface area contributed by atoms with Gasteiger partial charge in [-0.25, -0.2) is 12.7 Å². The maximum absolute atomic E-state index is 13.2. The van der Waals surface area contributed by atoms with Crippen molar-refractivity contribution in [1.29, 1.82) is 0 Å². The molecule has 1 atom stereocenters. The maximum atomic E-state index is 13.2. The van der Waals surface area contributed by atoms with E-state index in [1.807, 2.05) is 23.1 Å². The lowest BCUT2D eigenvalue weighted by Crippen LogP contribution is -2.53. The highest BCUT2D eigenvalue weighted by Gasteiger charge is 2.35. The van der Waals surface area contributed by atoms with Crippen LogP contribution in [-0.4, -0.2) is 74.2 Å². The summed E-state index contributed by atoms with van der Waals surface area (Å²) in [5.74, 6) is -0.522. The quantitative estimate of drug-likeness (QED) is 0.527. The van der Waals surface area contributed by atoms with E-state index < -0.39 is 10.0 Å². The first-order valence-electron chi connectivity index (χ1n) is 12.0.